The van der Waals surface area contributed by atoms with Gasteiger partial charge >= 0.3 is 0 Å². The van der Waals surface area contributed by atoms with Crippen molar-refractivity contribution in [2.45, 2.75) is 37.8 Å². The molecule has 184 valence electrons. The van der Waals surface area contributed by atoms with E-state index in [0.29, 0.717) is 56.5 Å². The van der Waals surface area contributed by atoms with Crippen LogP contribution in [-0.4, -0.2) is 79.5 Å². The molecule has 1 aromatic carbocycles. The number of piperidine rings is 1. The Bertz CT molecular complexity index is 1310. The van der Waals surface area contributed by atoms with Crippen molar-refractivity contribution in [3.05, 3.63) is 58.3 Å². The number of rotatable bonds is 6. The summed E-state index contributed by atoms with van der Waals surface area (Å²) in [6, 6.07) is 9.94. The normalized spacial score (nSPS) is 15.3. The molecule has 0 bridgehead atoms. The van der Waals surface area contributed by atoms with Crippen LogP contribution in [0.2, 0.25) is 0 Å². The van der Waals surface area contributed by atoms with Crippen LogP contribution in [0.4, 0.5) is 0 Å². The summed E-state index contributed by atoms with van der Waals surface area (Å²) >= 11 is 0. The van der Waals surface area contributed by atoms with Gasteiger partial charge in [-0.25, -0.2) is 4.98 Å². The van der Waals surface area contributed by atoms with E-state index in [2.05, 4.69) is 21.9 Å². The summed E-state index contributed by atoms with van der Waals surface area (Å²) in [5, 5.41) is 15.5. The monoisotopic (exact) mass is 476 g/mol. The highest BCUT2D eigenvalue weighted by molar-refractivity contribution is 5.79. The summed E-state index contributed by atoms with van der Waals surface area (Å²) in [7, 11) is 5.61. The van der Waals surface area contributed by atoms with Gasteiger partial charge in [0.15, 0.2) is 5.52 Å². The molecule has 0 spiro atoms. The van der Waals surface area contributed by atoms with Crippen molar-refractivity contribution in [3.8, 4) is 11.8 Å². The largest absolute Gasteiger partial charge is 0.388 e. The first-order valence-electron chi connectivity index (χ1n) is 11.9. The maximum atomic E-state index is 13.1. The van der Waals surface area contributed by atoms with Gasteiger partial charge in [0.05, 0.1) is 25.0 Å². The van der Waals surface area contributed by atoms with E-state index < -0.39 is 5.60 Å². The minimum absolute atomic E-state index is 0.0903. The summed E-state index contributed by atoms with van der Waals surface area (Å²) < 4.78 is 2.99. The van der Waals surface area contributed by atoms with Gasteiger partial charge < -0.3 is 10.0 Å². The SMILES string of the molecule is CN(C)CC#Cc1c2ncn(CC3(O)CCN(C(=O)CCc4ccccc4)CC3)c(=O)c2nn1C. The van der Waals surface area contributed by atoms with Gasteiger partial charge in [-0.15, -0.1) is 0 Å². The number of carbonyl (C=O) groups is 1. The zero-order valence-electron chi connectivity index (χ0n) is 20.6. The van der Waals surface area contributed by atoms with Crippen molar-refractivity contribution in [2.24, 2.45) is 7.05 Å². The van der Waals surface area contributed by atoms with Gasteiger partial charge in [0.2, 0.25) is 5.91 Å². The van der Waals surface area contributed by atoms with E-state index in [-0.39, 0.29) is 23.5 Å². The lowest BCUT2D eigenvalue weighted by Crippen LogP contribution is -2.49. The number of nitrogens with zero attached hydrogens (tertiary/aromatic N) is 6. The second kappa shape index (κ2) is 10.4. The molecular formula is C26H32N6O3. The van der Waals surface area contributed by atoms with E-state index in [9.17, 15) is 14.7 Å². The molecule has 9 heteroatoms. The molecule has 1 saturated heterocycles. The van der Waals surface area contributed by atoms with Gasteiger partial charge in [-0.2, -0.15) is 5.10 Å². The number of hydrogen-bond donors (Lipinski definition) is 1. The minimum Gasteiger partial charge on any atom is -0.388 e. The zero-order chi connectivity index (χ0) is 25.0. The summed E-state index contributed by atoms with van der Waals surface area (Å²) in [5.41, 5.74) is 1.04. The third-order valence-electron chi connectivity index (χ3n) is 6.40. The Labute approximate surface area is 205 Å². The van der Waals surface area contributed by atoms with Crippen LogP contribution in [-0.2, 0) is 24.8 Å². The third kappa shape index (κ3) is 5.78. The highest BCUT2D eigenvalue weighted by atomic mass is 16.3. The van der Waals surface area contributed by atoms with Crippen LogP contribution in [0.1, 0.15) is 30.5 Å². The minimum atomic E-state index is -1.08. The fourth-order valence-corrected chi connectivity index (χ4v) is 4.33. The molecule has 3 heterocycles. The molecule has 0 unspecified atom stereocenters. The van der Waals surface area contributed by atoms with Crippen molar-refractivity contribution < 1.29 is 9.90 Å². The van der Waals surface area contributed by atoms with Gasteiger partial charge in [-0.05, 0) is 44.8 Å². The van der Waals surface area contributed by atoms with Crippen molar-refractivity contribution >= 4 is 16.9 Å². The molecule has 3 aromatic rings. The molecule has 1 fully saturated rings. The molecular weight excluding hydrogens is 444 g/mol. The average Bonchev–Trinajstić information content (AvgIpc) is 3.16. The first-order valence-corrected chi connectivity index (χ1v) is 11.9. The third-order valence-corrected chi connectivity index (χ3v) is 6.40. The first kappa shape index (κ1) is 24.6. The Morgan fingerprint density at radius 2 is 1.89 bits per heavy atom. The topological polar surface area (TPSA) is 96.5 Å². The highest BCUT2D eigenvalue weighted by Crippen LogP contribution is 2.24. The molecule has 1 aliphatic heterocycles. The molecule has 9 nitrogen and oxygen atoms in total. The van der Waals surface area contributed by atoms with Crippen molar-refractivity contribution in [1.29, 1.82) is 0 Å². The number of carbonyl (C=O) groups excluding carboxylic acids is 1. The molecule has 0 saturated carbocycles. The zero-order valence-corrected chi connectivity index (χ0v) is 20.6. The molecule has 4 rings (SSSR count). The van der Waals surface area contributed by atoms with Crippen molar-refractivity contribution in [2.75, 3.05) is 33.7 Å². The quantitative estimate of drug-likeness (QED) is 0.534. The molecule has 1 N–H and O–H groups in total. The van der Waals surface area contributed by atoms with Crippen LogP contribution in [0.15, 0.2) is 41.5 Å². The number of fused-ring (bicyclic) bond motifs is 1. The Morgan fingerprint density at radius 1 is 1.17 bits per heavy atom. The van der Waals surface area contributed by atoms with Gasteiger partial charge in [0.25, 0.3) is 5.56 Å². The fourth-order valence-electron chi connectivity index (χ4n) is 4.33. The van der Waals surface area contributed by atoms with E-state index in [0.717, 1.165) is 5.56 Å². The second-order valence-electron chi connectivity index (χ2n) is 9.48. The lowest BCUT2D eigenvalue weighted by atomic mass is 9.91. The number of aliphatic hydroxyl groups is 1. The average molecular weight is 477 g/mol. The number of aromatic nitrogens is 4. The Morgan fingerprint density at radius 3 is 2.57 bits per heavy atom. The number of amides is 1. The molecule has 2 aromatic heterocycles. The predicted octanol–water partition coefficient (Wildman–Crippen LogP) is 1.03. The van der Waals surface area contributed by atoms with E-state index in [1.807, 2.05) is 49.3 Å². The van der Waals surface area contributed by atoms with E-state index in [1.165, 1.54) is 10.9 Å². The maximum absolute atomic E-state index is 13.1. The van der Waals surface area contributed by atoms with Crippen LogP contribution < -0.4 is 5.56 Å². The number of likely N-dealkylation sites (tertiary alicyclic amines) is 1. The smallest absolute Gasteiger partial charge is 0.281 e. The second-order valence-corrected chi connectivity index (χ2v) is 9.48. The number of hydrogen-bond acceptors (Lipinski definition) is 6. The first-order chi connectivity index (χ1) is 16.8. The molecule has 0 atom stereocenters. The Hall–Kier alpha value is -3.48. The van der Waals surface area contributed by atoms with E-state index >= 15 is 0 Å². The van der Waals surface area contributed by atoms with Gasteiger partial charge in [-0.3, -0.25) is 23.7 Å². The molecule has 0 aliphatic carbocycles. The fraction of sp³-hybridized carbons (Fsp3) is 0.462. The maximum Gasteiger partial charge on any atom is 0.281 e. The molecule has 1 amide bonds. The van der Waals surface area contributed by atoms with Crippen LogP contribution in [0.5, 0.6) is 0 Å². The Balaban J connectivity index is 1.41. The summed E-state index contributed by atoms with van der Waals surface area (Å²) in [5.74, 6) is 6.19. The van der Waals surface area contributed by atoms with Crippen LogP contribution in [0.25, 0.3) is 11.0 Å². The van der Waals surface area contributed by atoms with Crippen LogP contribution in [0.3, 0.4) is 0 Å². The summed E-state index contributed by atoms with van der Waals surface area (Å²) in [4.78, 5) is 33.9. The van der Waals surface area contributed by atoms with Crippen molar-refractivity contribution in [1.82, 2.24) is 29.1 Å². The number of benzene rings is 1. The highest BCUT2D eigenvalue weighted by Gasteiger charge is 2.34. The lowest BCUT2D eigenvalue weighted by molar-refractivity contribution is -0.135. The summed E-state index contributed by atoms with van der Waals surface area (Å²) in [6.45, 7) is 1.62. The van der Waals surface area contributed by atoms with Crippen LogP contribution >= 0.6 is 0 Å². The van der Waals surface area contributed by atoms with E-state index in [1.54, 1.807) is 16.6 Å². The van der Waals surface area contributed by atoms with E-state index in [4.69, 9.17) is 0 Å². The van der Waals surface area contributed by atoms with Gasteiger partial charge in [0, 0.05) is 26.6 Å². The predicted molar refractivity (Wildman–Crippen MR) is 134 cm³/mol. The standard InChI is InChI=1S/C26H32N6O3/c1-29(2)15-7-10-21-23-24(28-30(21)3)25(34)32(19-27-23)18-26(35)13-16-31(17-14-26)22(33)12-11-20-8-5-4-6-9-20/h4-6,8-9,19,35H,11-18H2,1-3H3. The Kier molecular flexibility index (Phi) is 7.34. The lowest BCUT2D eigenvalue weighted by Gasteiger charge is -2.38. The van der Waals surface area contributed by atoms with Crippen molar-refractivity contribution in [3.63, 3.8) is 0 Å². The molecule has 35 heavy (non-hydrogen) atoms. The molecule has 0 radical (unpaired) electrons. The van der Waals surface area contributed by atoms with Gasteiger partial charge in [-0.1, -0.05) is 36.3 Å². The number of aryl methyl sites for hydroxylation is 2. The van der Waals surface area contributed by atoms with Crippen LogP contribution in [0, 0.1) is 11.8 Å². The summed E-state index contributed by atoms with van der Waals surface area (Å²) in [6.07, 6.45) is 3.41. The molecule has 1 aliphatic rings. The van der Waals surface area contributed by atoms with Gasteiger partial charge in [0.1, 0.15) is 11.2 Å².